The lowest BCUT2D eigenvalue weighted by atomic mass is 10.0. The molecule has 25 heteroatoms. The highest BCUT2D eigenvalue weighted by Gasteiger charge is 2.30. The Morgan fingerprint density at radius 2 is 0.722 bits per heavy atom. The molecule has 0 heterocycles. The second-order valence-corrected chi connectivity index (χ2v) is 24.7. The molecule has 0 aliphatic heterocycles. The van der Waals surface area contributed by atoms with E-state index in [1.54, 1.807) is 0 Å². The fourth-order valence-electron chi connectivity index (χ4n) is 9.24. The summed E-state index contributed by atoms with van der Waals surface area (Å²) in [5.41, 5.74) is 44.2. The average molecular weight is 1310 g/mol. The highest BCUT2D eigenvalue weighted by Crippen LogP contribution is 2.17. The maximum atomic E-state index is 13.4. The van der Waals surface area contributed by atoms with Crippen LogP contribution in [-0.4, -0.2) is 156 Å². The smallest absolute Gasteiger partial charge is 0.326 e. The van der Waals surface area contributed by atoms with Crippen molar-refractivity contribution in [1.29, 1.82) is 0 Å². The van der Waals surface area contributed by atoms with Gasteiger partial charge < -0.3 is 86.0 Å². The van der Waals surface area contributed by atoms with Crippen LogP contribution in [0.1, 0.15) is 271 Å². The molecular weight excluding hydrogens is 1180 g/mol. The number of nitrogens with two attached hydrogens (primary N) is 8. The van der Waals surface area contributed by atoms with E-state index in [9.17, 15) is 43.5 Å². The van der Waals surface area contributed by atoms with Gasteiger partial charge in [0.05, 0.1) is 6.04 Å². The molecule has 0 saturated carbocycles. The van der Waals surface area contributed by atoms with E-state index in [-0.39, 0.29) is 49.3 Å². The van der Waals surface area contributed by atoms with Crippen molar-refractivity contribution in [3.05, 3.63) is 0 Å². The normalized spacial score (nSPS) is 13.4. The zero-order valence-electron chi connectivity index (χ0n) is 55.8. The molecule has 0 aromatic heterocycles. The quantitative estimate of drug-likeness (QED) is 0.0157. The Morgan fingerprint density at radius 3 is 1.10 bits per heavy atom. The van der Waals surface area contributed by atoms with Crippen molar-refractivity contribution in [3.63, 3.8) is 0 Å². The molecule has 0 aromatic rings. The molecule has 0 unspecified atom stereocenters. The molecule has 0 rings (SSSR count). The summed E-state index contributed by atoms with van der Waals surface area (Å²) in [6.07, 6.45) is 37.8. The van der Waals surface area contributed by atoms with Crippen molar-refractivity contribution in [2.24, 2.45) is 45.9 Å². The van der Waals surface area contributed by atoms with Crippen molar-refractivity contribution < 1.29 is 67.9 Å². The summed E-state index contributed by atoms with van der Waals surface area (Å²) >= 11 is 1.22. The summed E-state index contributed by atoms with van der Waals surface area (Å²) in [5.74, 6) is -6.09. The molecule has 0 fully saturated rings. The number of carboxylic acid groups (broad SMARTS) is 3. The minimum absolute atomic E-state index is 0.0304. The minimum Gasteiger partial charge on any atom is -0.480 e. The van der Waals surface area contributed by atoms with E-state index in [1.165, 1.54) is 127 Å². The van der Waals surface area contributed by atoms with Gasteiger partial charge in [0.2, 0.25) is 11.8 Å². The molecule has 21 N–H and O–H groups in total. The fourth-order valence-corrected chi connectivity index (χ4v) is 10.2. The maximum absolute atomic E-state index is 13.4. The number of thioether (sulfide) groups is 1. The van der Waals surface area contributed by atoms with Gasteiger partial charge in [-0.3, -0.25) is 33.6 Å². The van der Waals surface area contributed by atoms with Crippen LogP contribution in [0.15, 0.2) is 0 Å². The number of nitrogens with one attached hydrogen (secondary N) is 2. The number of hydrogen-bond donors (Lipinski definition) is 13. The number of aliphatic carboxylic acids is 3. The fraction of sp³-hybridized carbons (Fsp3) is 0.877. The zero-order chi connectivity index (χ0) is 67.8. The average Bonchev–Trinajstić information content (AvgIpc) is 2.36. The van der Waals surface area contributed by atoms with Crippen LogP contribution in [0.5, 0.6) is 0 Å². The van der Waals surface area contributed by atoms with Crippen molar-refractivity contribution in [3.8, 4) is 0 Å². The number of ether oxygens (including phenoxy) is 3. The van der Waals surface area contributed by atoms with Gasteiger partial charge >= 0.3 is 35.8 Å². The van der Waals surface area contributed by atoms with Gasteiger partial charge in [0.1, 0.15) is 49.5 Å². The molecule has 0 aliphatic carbocycles. The lowest BCUT2D eigenvalue weighted by molar-refractivity contribution is -0.157. The lowest BCUT2D eigenvalue weighted by Crippen LogP contribution is -2.57. The predicted octanol–water partition coefficient (Wildman–Crippen LogP) is 7.70. The highest BCUT2D eigenvalue weighted by molar-refractivity contribution is 7.99. The molecule has 0 aliphatic rings. The van der Waals surface area contributed by atoms with Gasteiger partial charge in [-0.15, -0.1) is 0 Å². The standard InChI is InChI=1S/C53H102N6O10S.2C6H14N2O2/c1-3-5-7-9-11-13-15-17-19-21-23-25-27-35-48(60)67-39-43(69-49(61)36-28-26-24-22-20-18-16-14-12-10-8-6-4-2)41-70-42-45(57)50(62)59-47(40-68-53(66)44(56)33-29-31-37-54)51(63)58-46(52(64)65)34-30-32-38-55;2*7-4-2-1-3-5(8)6(9)10/h43-47H,3-42,54-57H2,1-2H3,(H,58,63)(H,59,62)(H,64,65);2*5H,1-4,7-8H2,(H,9,10)/t43-,44+,45-,46-,47+;2*5-/m100/s1. The van der Waals surface area contributed by atoms with Crippen molar-refractivity contribution in [2.75, 3.05) is 50.9 Å². The Labute approximate surface area is 545 Å². The van der Waals surface area contributed by atoms with Gasteiger partial charge in [0, 0.05) is 24.3 Å². The van der Waals surface area contributed by atoms with Crippen LogP contribution < -0.4 is 56.5 Å². The number of carbonyl (C=O) groups is 8. The van der Waals surface area contributed by atoms with Crippen molar-refractivity contribution >= 4 is 59.4 Å². The summed E-state index contributed by atoms with van der Waals surface area (Å²) < 4.78 is 16.7. The minimum atomic E-state index is -1.48. The molecular formula is C65H130N10O14S. The van der Waals surface area contributed by atoms with Crippen molar-refractivity contribution in [1.82, 2.24) is 10.6 Å². The van der Waals surface area contributed by atoms with Crippen LogP contribution in [-0.2, 0) is 52.6 Å². The summed E-state index contributed by atoms with van der Waals surface area (Å²) in [6, 6.07) is -6.34. The molecule has 2 amide bonds. The molecule has 0 spiro atoms. The van der Waals surface area contributed by atoms with E-state index in [0.717, 1.165) is 70.6 Å². The second-order valence-electron chi connectivity index (χ2n) is 23.6. The number of rotatable bonds is 61. The molecule has 7 atom stereocenters. The first-order chi connectivity index (χ1) is 43.3. The Balaban J connectivity index is -0.00000320. The van der Waals surface area contributed by atoms with Crippen LogP contribution in [0, 0.1) is 0 Å². The molecule has 0 bridgehead atoms. The monoisotopic (exact) mass is 1310 g/mol. The van der Waals surface area contributed by atoms with E-state index in [0.29, 0.717) is 77.5 Å². The number of carbonyl (C=O) groups excluding carboxylic acids is 5. The third-order valence-electron chi connectivity index (χ3n) is 15.1. The van der Waals surface area contributed by atoms with Gasteiger partial charge in [0.15, 0.2) is 0 Å². The van der Waals surface area contributed by atoms with Crippen LogP contribution in [0.25, 0.3) is 0 Å². The first-order valence-electron chi connectivity index (χ1n) is 34.5. The number of carboxylic acids is 3. The highest BCUT2D eigenvalue weighted by atomic mass is 32.2. The van der Waals surface area contributed by atoms with Crippen LogP contribution in [0.2, 0.25) is 0 Å². The third-order valence-corrected chi connectivity index (χ3v) is 16.3. The summed E-state index contributed by atoms with van der Waals surface area (Å²) in [6.45, 7) is 5.72. The molecule has 0 aromatic carbocycles. The Hall–Kier alpha value is -4.21. The van der Waals surface area contributed by atoms with Gasteiger partial charge in [-0.2, -0.15) is 11.8 Å². The van der Waals surface area contributed by atoms with Gasteiger partial charge in [-0.05, 0) is 96.8 Å². The van der Waals surface area contributed by atoms with E-state index in [1.807, 2.05) is 0 Å². The van der Waals surface area contributed by atoms with Crippen molar-refractivity contribution in [2.45, 2.75) is 313 Å². The second kappa shape index (κ2) is 66.3. The third kappa shape index (κ3) is 60.1. The van der Waals surface area contributed by atoms with Gasteiger partial charge in [-0.25, -0.2) is 4.79 Å². The van der Waals surface area contributed by atoms with Crippen LogP contribution >= 0.6 is 11.8 Å². The SMILES string of the molecule is CCCCCCCCCCCCCCCC(=O)OC[C@H](CSC[C@@H](N)C(=O)N[C@@H](COC(=O)[C@@H](N)CCCCN)C(=O)N[C@H](CCCCN)C(=O)O)OC(=O)CCCCCCCCCCCCCCC.NCCCC[C@H](N)C(=O)O.NCCCC[C@H](N)C(=O)O. The number of unbranched alkanes of at least 4 members (excludes halogenated alkanes) is 28. The molecule has 0 saturated heterocycles. The van der Waals surface area contributed by atoms with E-state index in [2.05, 4.69) is 24.5 Å². The molecule has 24 nitrogen and oxygen atoms in total. The van der Waals surface area contributed by atoms with Crippen LogP contribution in [0.3, 0.4) is 0 Å². The molecule has 90 heavy (non-hydrogen) atoms. The topological polar surface area (TPSA) is 457 Å². The molecule has 530 valence electrons. The van der Waals surface area contributed by atoms with E-state index < -0.39 is 84.7 Å². The van der Waals surface area contributed by atoms with Gasteiger partial charge in [0.25, 0.3) is 0 Å². The maximum Gasteiger partial charge on any atom is 0.326 e. The largest absolute Gasteiger partial charge is 0.480 e. The van der Waals surface area contributed by atoms with Gasteiger partial charge in [-0.1, -0.05) is 187 Å². The summed E-state index contributed by atoms with van der Waals surface area (Å²) in [4.78, 5) is 97.5. The Bertz CT molecular complexity index is 1760. The lowest BCUT2D eigenvalue weighted by Gasteiger charge is -2.23. The predicted molar refractivity (Wildman–Crippen MR) is 360 cm³/mol. The number of esters is 3. The summed E-state index contributed by atoms with van der Waals surface area (Å²) in [7, 11) is 0. The first-order valence-corrected chi connectivity index (χ1v) is 35.6. The first kappa shape index (κ1) is 90.0. The number of hydrogen-bond acceptors (Lipinski definition) is 20. The molecule has 0 radical (unpaired) electrons. The van der Waals surface area contributed by atoms with E-state index >= 15 is 0 Å². The zero-order valence-corrected chi connectivity index (χ0v) is 56.7. The summed E-state index contributed by atoms with van der Waals surface area (Å²) in [5, 5.41) is 31.3. The Morgan fingerprint density at radius 1 is 0.367 bits per heavy atom. The number of amides is 2. The Kier molecular flexibility index (Phi) is 66.2. The van der Waals surface area contributed by atoms with E-state index in [4.69, 9.17) is 70.3 Å². The van der Waals surface area contributed by atoms with Crippen LogP contribution in [0.4, 0.5) is 0 Å².